The van der Waals surface area contributed by atoms with Crippen LogP contribution >= 0.6 is 24.0 Å². The third-order valence-electron chi connectivity index (χ3n) is 5.57. The first kappa shape index (κ1) is 26.0. The summed E-state index contributed by atoms with van der Waals surface area (Å²) in [6.07, 6.45) is 9.06. The van der Waals surface area contributed by atoms with Crippen LogP contribution in [-0.2, 0) is 4.79 Å². The second-order valence-electron chi connectivity index (χ2n) is 8.15. The van der Waals surface area contributed by atoms with Gasteiger partial charge in [-0.1, -0.05) is 69.1 Å². The number of nitrogens with zero attached hydrogens (tertiary/aromatic N) is 1. The average molecular weight is 498 g/mol. The van der Waals surface area contributed by atoms with Gasteiger partial charge in [0.25, 0.3) is 5.91 Å². The highest BCUT2D eigenvalue weighted by atomic mass is 32.2. The number of carbonyl (C=O) groups excluding carboxylic acids is 2. The number of ether oxygens (including phenoxy) is 2. The van der Waals surface area contributed by atoms with Gasteiger partial charge in [0.2, 0.25) is 0 Å². The third-order valence-corrected chi connectivity index (χ3v) is 6.87. The van der Waals surface area contributed by atoms with Crippen LogP contribution < -0.4 is 14.4 Å². The second kappa shape index (κ2) is 12.7. The summed E-state index contributed by atoms with van der Waals surface area (Å²) in [4.78, 5) is 26.6. The lowest BCUT2D eigenvalue weighted by Gasteiger charge is -2.14. The lowest BCUT2D eigenvalue weighted by molar-refractivity contribution is -0.113. The molecule has 7 heteroatoms. The zero-order valence-corrected chi connectivity index (χ0v) is 21.6. The SMILES string of the molecule is CCCCCCCCOc1ccc(C=C2SC(=S)N(c3ccc(C(C)=O)cc3)C2=O)cc1OC. The molecule has 3 rings (SSSR count). The molecule has 0 saturated carbocycles. The Morgan fingerprint density at radius 2 is 1.74 bits per heavy atom. The van der Waals surface area contributed by atoms with Crippen molar-refractivity contribution < 1.29 is 19.1 Å². The summed E-state index contributed by atoms with van der Waals surface area (Å²) < 4.78 is 11.9. The van der Waals surface area contributed by atoms with Gasteiger partial charge in [-0.3, -0.25) is 14.5 Å². The normalized spacial score (nSPS) is 14.7. The maximum absolute atomic E-state index is 13.1. The van der Waals surface area contributed by atoms with Gasteiger partial charge in [0, 0.05) is 5.56 Å². The highest BCUT2D eigenvalue weighted by molar-refractivity contribution is 8.27. The number of ketones is 1. The molecular weight excluding hydrogens is 466 g/mol. The number of anilines is 1. The van der Waals surface area contributed by atoms with E-state index in [4.69, 9.17) is 21.7 Å². The van der Waals surface area contributed by atoms with Gasteiger partial charge in [0.1, 0.15) is 0 Å². The molecule has 1 aliphatic heterocycles. The molecule has 0 aliphatic carbocycles. The number of hydrogen-bond acceptors (Lipinski definition) is 6. The van der Waals surface area contributed by atoms with E-state index in [1.165, 1.54) is 55.7 Å². The molecular formula is C27H31NO4S2. The molecule has 5 nitrogen and oxygen atoms in total. The van der Waals surface area contributed by atoms with E-state index in [1.54, 1.807) is 31.4 Å². The molecule has 0 bridgehead atoms. The molecule has 0 spiro atoms. The molecule has 2 aromatic rings. The molecule has 2 aromatic carbocycles. The number of hydrogen-bond donors (Lipinski definition) is 0. The van der Waals surface area contributed by atoms with Crippen LogP contribution in [0.1, 0.15) is 68.3 Å². The zero-order valence-electron chi connectivity index (χ0n) is 20.0. The Kier molecular flexibility index (Phi) is 9.72. The summed E-state index contributed by atoms with van der Waals surface area (Å²) in [5.41, 5.74) is 2.07. The van der Waals surface area contributed by atoms with Crippen molar-refractivity contribution in [1.82, 2.24) is 0 Å². The van der Waals surface area contributed by atoms with Crippen LogP contribution in [0.3, 0.4) is 0 Å². The van der Waals surface area contributed by atoms with Crippen LogP contribution in [0, 0.1) is 0 Å². The van der Waals surface area contributed by atoms with Crippen molar-refractivity contribution in [1.29, 1.82) is 0 Å². The second-order valence-corrected chi connectivity index (χ2v) is 9.82. The first-order valence-corrected chi connectivity index (χ1v) is 12.9. The molecule has 1 heterocycles. The van der Waals surface area contributed by atoms with Crippen LogP contribution in [0.5, 0.6) is 11.5 Å². The smallest absolute Gasteiger partial charge is 0.270 e. The Hall–Kier alpha value is -2.64. The number of rotatable bonds is 12. The van der Waals surface area contributed by atoms with E-state index in [0.717, 1.165) is 12.0 Å². The summed E-state index contributed by atoms with van der Waals surface area (Å²) >= 11 is 6.71. The van der Waals surface area contributed by atoms with Crippen molar-refractivity contribution in [3.63, 3.8) is 0 Å². The van der Waals surface area contributed by atoms with E-state index in [0.29, 0.717) is 38.6 Å². The molecule has 0 N–H and O–H groups in total. The molecule has 180 valence electrons. The molecule has 34 heavy (non-hydrogen) atoms. The number of thiocarbonyl (C=S) groups is 1. The first-order valence-electron chi connectivity index (χ1n) is 11.6. The van der Waals surface area contributed by atoms with Gasteiger partial charge in [-0.05, 0) is 61.4 Å². The minimum absolute atomic E-state index is 0.0230. The Morgan fingerprint density at radius 3 is 2.41 bits per heavy atom. The van der Waals surface area contributed by atoms with E-state index in [-0.39, 0.29) is 11.7 Å². The van der Waals surface area contributed by atoms with Gasteiger partial charge >= 0.3 is 0 Å². The Balaban J connectivity index is 1.66. The van der Waals surface area contributed by atoms with Gasteiger partial charge in [-0.15, -0.1) is 0 Å². The van der Waals surface area contributed by atoms with Gasteiger partial charge in [0.05, 0.1) is 24.3 Å². The fraction of sp³-hybridized carbons (Fsp3) is 0.370. The molecule has 0 atom stereocenters. The monoisotopic (exact) mass is 497 g/mol. The minimum Gasteiger partial charge on any atom is -0.493 e. The summed E-state index contributed by atoms with van der Waals surface area (Å²) in [7, 11) is 1.61. The number of thioether (sulfide) groups is 1. The fourth-order valence-corrected chi connectivity index (χ4v) is 4.94. The van der Waals surface area contributed by atoms with Crippen molar-refractivity contribution >= 4 is 51.8 Å². The molecule has 0 aromatic heterocycles. The maximum atomic E-state index is 13.1. The first-order chi connectivity index (χ1) is 16.4. The number of benzene rings is 2. The largest absolute Gasteiger partial charge is 0.493 e. The van der Waals surface area contributed by atoms with Gasteiger partial charge in [-0.2, -0.15) is 0 Å². The standard InChI is InChI=1S/C27H31NO4S2/c1-4-5-6-7-8-9-16-32-23-15-10-20(17-24(23)31-3)18-25-26(30)28(27(33)34-25)22-13-11-21(12-14-22)19(2)29/h10-15,17-18H,4-9,16H2,1-3H3. The van der Waals surface area contributed by atoms with E-state index >= 15 is 0 Å². The van der Waals surface area contributed by atoms with Crippen LogP contribution in [0.4, 0.5) is 5.69 Å². The van der Waals surface area contributed by atoms with Crippen molar-refractivity contribution in [3.05, 3.63) is 58.5 Å². The molecule has 1 aliphatic rings. The number of carbonyl (C=O) groups is 2. The van der Waals surface area contributed by atoms with Gasteiger partial charge < -0.3 is 9.47 Å². The summed E-state index contributed by atoms with van der Waals surface area (Å²) in [6, 6.07) is 12.5. The van der Waals surface area contributed by atoms with E-state index in [9.17, 15) is 9.59 Å². The predicted octanol–water partition coefficient (Wildman–Crippen LogP) is 7.04. The Morgan fingerprint density at radius 1 is 1.03 bits per heavy atom. The third kappa shape index (κ3) is 6.70. The molecule has 0 radical (unpaired) electrons. The topological polar surface area (TPSA) is 55.8 Å². The van der Waals surface area contributed by atoms with Crippen LogP contribution in [0.2, 0.25) is 0 Å². The highest BCUT2D eigenvalue weighted by Gasteiger charge is 2.33. The quantitative estimate of drug-likeness (QED) is 0.136. The zero-order chi connectivity index (χ0) is 24.5. The van der Waals surface area contributed by atoms with Crippen molar-refractivity contribution in [2.45, 2.75) is 52.4 Å². The summed E-state index contributed by atoms with van der Waals surface area (Å²) in [6.45, 7) is 4.38. The van der Waals surface area contributed by atoms with Crippen LogP contribution in [0.25, 0.3) is 6.08 Å². The van der Waals surface area contributed by atoms with E-state index in [1.807, 2.05) is 24.3 Å². The molecule has 0 unspecified atom stereocenters. The summed E-state index contributed by atoms with van der Waals surface area (Å²) in [5.74, 6) is 1.12. The lowest BCUT2D eigenvalue weighted by Crippen LogP contribution is -2.27. The van der Waals surface area contributed by atoms with Crippen molar-refractivity contribution in [2.24, 2.45) is 0 Å². The van der Waals surface area contributed by atoms with Crippen molar-refractivity contribution in [2.75, 3.05) is 18.6 Å². The Labute approximate surface area is 211 Å². The fourth-order valence-electron chi connectivity index (χ4n) is 3.64. The van der Waals surface area contributed by atoms with Crippen LogP contribution in [0.15, 0.2) is 47.4 Å². The Bertz CT molecular complexity index is 1060. The van der Waals surface area contributed by atoms with Crippen LogP contribution in [-0.4, -0.2) is 29.7 Å². The number of methoxy groups -OCH3 is 1. The van der Waals surface area contributed by atoms with Gasteiger partial charge in [-0.25, -0.2) is 0 Å². The number of amides is 1. The highest BCUT2D eigenvalue weighted by Crippen LogP contribution is 2.37. The summed E-state index contributed by atoms with van der Waals surface area (Å²) in [5, 5.41) is 0. The predicted molar refractivity (Wildman–Crippen MR) is 144 cm³/mol. The van der Waals surface area contributed by atoms with Crippen molar-refractivity contribution in [3.8, 4) is 11.5 Å². The minimum atomic E-state index is -0.187. The number of unbranched alkanes of at least 4 members (excludes halogenated alkanes) is 5. The number of Topliss-reactive ketones (excluding diaryl/α,β-unsaturated/α-hetero) is 1. The van der Waals surface area contributed by atoms with Gasteiger partial charge in [0.15, 0.2) is 21.6 Å². The molecule has 1 fully saturated rings. The van der Waals surface area contributed by atoms with E-state index < -0.39 is 0 Å². The van der Waals surface area contributed by atoms with E-state index in [2.05, 4.69) is 6.92 Å². The molecule has 1 saturated heterocycles. The lowest BCUT2D eigenvalue weighted by atomic mass is 10.1. The maximum Gasteiger partial charge on any atom is 0.270 e. The molecule has 1 amide bonds. The average Bonchev–Trinajstić information content (AvgIpc) is 3.11.